The van der Waals surface area contributed by atoms with Crippen LogP contribution >= 0.6 is 0 Å². The molecule has 1 aliphatic heterocycles. The number of hydrogen-bond donors (Lipinski definition) is 1. The van der Waals surface area contributed by atoms with Crippen molar-refractivity contribution >= 4 is 22.6 Å². The van der Waals surface area contributed by atoms with Crippen molar-refractivity contribution in [3.8, 4) is 0 Å². The van der Waals surface area contributed by atoms with E-state index in [0.717, 1.165) is 36.2 Å². The van der Waals surface area contributed by atoms with Crippen molar-refractivity contribution in [2.75, 3.05) is 11.4 Å². The smallest absolute Gasteiger partial charge is 0.337 e. The van der Waals surface area contributed by atoms with Gasteiger partial charge >= 0.3 is 5.97 Å². The van der Waals surface area contributed by atoms with E-state index in [2.05, 4.69) is 4.74 Å². The number of anilines is 1. The highest BCUT2D eigenvalue weighted by Crippen LogP contribution is 2.40. The molecular formula is C15H17NO4S. The molecule has 1 aliphatic carbocycles. The van der Waals surface area contributed by atoms with Gasteiger partial charge in [-0.1, -0.05) is 0 Å². The quantitative estimate of drug-likeness (QED) is 0.850. The van der Waals surface area contributed by atoms with Crippen LogP contribution in [0.15, 0.2) is 34.7 Å². The van der Waals surface area contributed by atoms with Crippen LogP contribution in [0.5, 0.6) is 0 Å². The molecule has 0 bridgehead atoms. The second-order valence-electron chi connectivity index (χ2n) is 5.14. The van der Waals surface area contributed by atoms with Crippen LogP contribution in [0.25, 0.3) is 0 Å². The molecule has 0 fully saturated rings. The third-order valence-corrected chi connectivity index (χ3v) is 5.58. The Morgan fingerprint density at radius 1 is 1.29 bits per heavy atom. The Labute approximate surface area is 125 Å². The van der Waals surface area contributed by atoms with Gasteiger partial charge in [-0.2, -0.15) is 0 Å². The minimum atomic E-state index is -1.33. The summed E-state index contributed by atoms with van der Waals surface area (Å²) in [5.74, 6) is -0.415. The van der Waals surface area contributed by atoms with Gasteiger partial charge in [0.2, 0.25) is 0 Å². The lowest BCUT2D eigenvalue weighted by molar-refractivity contribution is 0.0601. The van der Waals surface area contributed by atoms with Crippen LogP contribution < -0.4 is 4.31 Å². The molecule has 3 rings (SSSR count). The lowest BCUT2D eigenvalue weighted by Gasteiger charge is -2.22. The zero-order valence-corrected chi connectivity index (χ0v) is 12.6. The second-order valence-corrected chi connectivity index (χ2v) is 6.53. The van der Waals surface area contributed by atoms with Crippen molar-refractivity contribution in [1.82, 2.24) is 0 Å². The number of aliphatic hydroxyl groups excluding tert-OH is 1. The van der Waals surface area contributed by atoms with Gasteiger partial charge in [0.15, 0.2) is 17.2 Å². The van der Waals surface area contributed by atoms with Crippen LogP contribution in [0.4, 0.5) is 5.69 Å². The van der Waals surface area contributed by atoms with E-state index in [4.69, 9.17) is 0 Å². The maximum absolute atomic E-state index is 12.6. The molecule has 1 aromatic rings. The number of aliphatic hydroxyl groups is 1. The first kappa shape index (κ1) is 14.3. The summed E-state index contributed by atoms with van der Waals surface area (Å²) in [6.45, 7) is 0. The van der Waals surface area contributed by atoms with E-state index in [0.29, 0.717) is 11.3 Å². The number of rotatable bonds is 2. The number of carbonyl (C=O) groups is 1. The fourth-order valence-electron chi connectivity index (χ4n) is 2.82. The first-order chi connectivity index (χ1) is 10.1. The molecular weight excluding hydrogens is 290 g/mol. The third kappa shape index (κ3) is 2.38. The zero-order valence-electron chi connectivity index (χ0n) is 11.7. The van der Waals surface area contributed by atoms with Crippen LogP contribution in [0.2, 0.25) is 0 Å². The van der Waals surface area contributed by atoms with E-state index in [1.165, 1.54) is 11.4 Å². The van der Waals surface area contributed by atoms with Gasteiger partial charge in [-0.3, -0.25) is 4.31 Å². The van der Waals surface area contributed by atoms with Gasteiger partial charge in [0.05, 0.1) is 18.4 Å². The fraction of sp³-hybridized carbons (Fsp3) is 0.400. The molecule has 0 radical (unpaired) electrons. The molecule has 2 atom stereocenters. The Bertz CT molecular complexity index is 623. The Hall–Kier alpha value is -1.66. The minimum Gasteiger partial charge on any atom is -0.465 e. The lowest BCUT2D eigenvalue weighted by Crippen LogP contribution is -2.32. The number of carbonyl (C=O) groups excluding carboxylic acids is 1. The number of allylic oxidation sites excluding steroid dienone is 1. The Morgan fingerprint density at radius 2 is 1.95 bits per heavy atom. The van der Waals surface area contributed by atoms with E-state index in [-0.39, 0.29) is 0 Å². The van der Waals surface area contributed by atoms with Gasteiger partial charge in [-0.15, -0.1) is 0 Å². The first-order valence-corrected chi connectivity index (χ1v) is 8.03. The molecule has 0 spiro atoms. The van der Waals surface area contributed by atoms with Crippen LogP contribution in [0, 0.1) is 0 Å². The highest BCUT2D eigenvalue weighted by Gasteiger charge is 2.38. The van der Waals surface area contributed by atoms with Gasteiger partial charge in [0, 0.05) is 4.91 Å². The van der Waals surface area contributed by atoms with Crippen molar-refractivity contribution in [3.63, 3.8) is 0 Å². The number of benzene rings is 1. The Kier molecular flexibility index (Phi) is 3.82. The molecule has 1 N–H and O–H groups in total. The van der Waals surface area contributed by atoms with Gasteiger partial charge in [-0.05, 0) is 55.5 Å². The van der Waals surface area contributed by atoms with Crippen molar-refractivity contribution in [3.05, 3.63) is 40.3 Å². The topological polar surface area (TPSA) is 66.8 Å². The first-order valence-electron chi connectivity index (χ1n) is 6.93. The normalized spacial score (nSPS) is 25.0. The fourth-order valence-corrected chi connectivity index (χ4v) is 4.43. The summed E-state index contributed by atoms with van der Waals surface area (Å²) in [5.41, 5.74) is 1.97. The average Bonchev–Trinajstić information content (AvgIpc) is 2.79. The summed E-state index contributed by atoms with van der Waals surface area (Å²) in [6, 6.07) is 6.60. The van der Waals surface area contributed by atoms with E-state index in [1.54, 1.807) is 24.3 Å². The molecule has 6 heteroatoms. The van der Waals surface area contributed by atoms with Crippen LogP contribution in [0.3, 0.4) is 0 Å². The summed E-state index contributed by atoms with van der Waals surface area (Å²) in [6.07, 6.45) is 2.81. The Morgan fingerprint density at radius 3 is 2.57 bits per heavy atom. The number of hydrogen-bond acceptors (Lipinski definition) is 4. The molecule has 1 heterocycles. The van der Waals surface area contributed by atoms with Crippen molar-refractivity contribution in [2.24, 2.45) is 0 Å². The number of esters is 1. The maximum Gasteiger partial charge on any atom is 0.337 e. The molecule has 0 amide bonds. The number of methoxy groups -OCH3 is 1. The molecule has 2 unspecified atom stereocenters. The molecule has 0 aromatic heterocycles. The van der Waals surface area contributed by atoms with Gasteiger partial charge in [-0.25, -0.2) is 9.00 Å². The second kappa shape index (κ2) is 5.61. The van der Waals surface area contributed by atoms with Crippen LogP contribution in [0.1, 0.15) is 36.0 Å². The number of nitrogens with zero attached hydrogens (tertiary/aromatic N) is 1. The number of ether oxygens (including phenoxy) is 1. The molecule has 21 heavy (non-hydrogen) atoms. The van der Waals surface area contributed by atoms with Crippen molar-refractivity contribution < 1.29 is 18.8 Å². The molecule has 1 aromatic carbocycles. The molecule has 0 saturated heterocycles. The minimum absolute atomic E-state index is 0.415. The monoisotopic (exact) mass is 307 g/mol. The van der Waals surface area contributed by atoms with E-state index >= 15 is 0 Å². The summed E-state index contributed by atoms with van der Waals surface area (Å²) in [7, 11) is -0.00365. The van der Waals surface area contributed by atoms with E-state index in [9.17, 15) is 14.1 Å². The van der Waals surface area contributed by atoms with Crippen LogP contribution in [-0.2, 0) is 15.7 Å². The summed E-state index contributed by atoms with van der Waals surface area (Å²) in [4.78, 5) is 12.3. The lowest BCUT2D eigenvalue weighted by atomic mass is 9.98. The average molecular weight is 307 g/mol. The van der Waals surface area contributed by atoms with Crippen LogP contribution in [-0.4, -0.2) is 28.6 Å². The highest BCUT2D eigenvalue weighted by molar-refractivity contribution is 7.90. The zero-order chi connectivity index (χ0) is 15.0. The van der Waals surface area contributed by atoms with Gasteiger partial charge in [0.1, 0.15) is 0 Å². The van der Waals surface area contributed by atoms with Crippen molar-refractivity contribution in [1.29, 1.82) is 0 Å². The maximum atomic E-state index is 12.6. The molecule has 0 saturated carbocycles. The predicted octanol–water partition coefficient (Wildman–Crippen LogP) is 2.10. The van der Waals surface area contributed by atoms with Crippen molar-refractivity contribution in [2.45, 2.75) is 31.9 Å². The van der Waals surface area contributed by atoms with Gasteiger partial charge in [0.25, 0.3) is 0 Å². The standard InChI is InChI=1S/C15H17NO4S/c1-20-15(18)10-6-8-11(9-7-10)16-14(17)12-4-2-3-5-13(12)21(16)19/h6-9,14,17H,2-5H2,1H3. The molecule has 112 valence electrons. The third-order valence-electron chi connectivity index (χ3n) is 3.92. The Balaban J connectivity index is 1.88. The summed E-state index contributed by atoms with van der Waals surface area (Å²) < 4.78 is 18.7. The largest absolute Gasteiger partial charge is 0.465 e. The summed E-state index contributed by atoms with van der Waals surface area (Å²) in [5, 5.41) is 10.4. The van der Waals surface area contributed by atoms with Gasteiger partial charge < -0.3 is 9.84 Å². The van der Waals surface area contributed by atoms with E-state index < -0.39 is 23.2 Å². The molecule has 5 nitrogen and oxygen atoms in total. The summed E-state index contributed by atoms with van der Waals surface area (Å²) >= 11 is 0. The van der Waals surface area contributed by atoms with E-state index in [1.807, 2.05) is 0 Å². The predicted molar refractivity (Wildman–Crippen MR) is 79.9 cm³/mol. The molecule has 2 aliphatic rings. The SMILES string of the molecule is COC(=O)c1ccc(N2C(O)C3=C(CCCC3)S2=O)cc1. The highest BCUT2D eigenvalue weighted by atomic mass is 32.2.